The summed E-state index contributed by atoms with van der Waals surface area (Å²) < 4.78 is 6.38. The maximum atomic E-state index is 13.0. The van der Waals surface area contributed by atoms with Crippen LogP contribution in [0.1, 0.15) is 22.3 Å². The number of benzene rings is 3. The van der Waals surface area contributed by atoms with Crippen molar-refractivity contribution in [1.82, 2.24) is 0 Å². The minimum atomic E-state index is -0.0910. The number of hydrogen-bond acceptors (Lipinski definition) is 4. The molecule has 0 aliphatic carbocycles. The quantitative estimate of drug-likeness (QED) is 0.301. The largest absolute Gasteiger partial charge is 0.489 e. The fourth-order valence-corrected chi connectivity index (χ4v) is 4.61. The smallest absolute Gasteiger partial charge is 0.270 e. The van der Waals surface area contributed by atoms with Gasteiger partial charge in [-0.25, -0.2) is 0 Å². The summed E-state index contributed by atoms with van der Waals surface area (Å²) in [6, 6.07) is 21.3. The van der Waals surface area contributed by atoms with Crippen LogP contribution in [0.15, 0.2) is 71.6 Å². The molecular formula is C25H20ClNO2S2. The van der Waals surface area contributed by atoms with Crippen LogP contribution in [-0.2, 0) is 11.4 Å². The first-order valence-electron chi connectivity index (χ1n) is 9.73. The summed E-state index contributed by atoms with van der Waals surface area (Å²) in [4.78, 5) is 15.3. The Labute approximate surface area is 196 Å². The van der Waals surface area contributed by atoms with Crippen LogP contribution in [0.2, 0.25) is 5.02 Å². The van der Waals surface area contributed by atoms with Crippen LogP contribution in [0, 0.1) is 13.8 Å². The molecule has 0 N–H and O–H groups in total. The van der Waals surface area contributed by atoms with Gasteiger partial charge in [0.2, 0.25) is 0 Å². The van der Waals surface area contributed by atoms with E-state index in [1.165, 1.54) is 11.8 Å². The minimum absolute atomic E-state index is 0.0910. The van der Waals surface area contributed by atoms with Gasteiger partial charge in [0.1, 0.15) is 12.4 Å². The highest BCUT2D eigenvalue weighted by molar-refractivity contribution is 8.27. The molecule has 4 rings (SSSR count). The predicted molar refractivity (Wildman–Crippen MR) is 134 cm³/mol. The molecular weight excluding hydrogens is 446 g/mol. The fraction of sp³-hybridized carbons (Fsp3) is 0.120. The van der Waals surface area contributed by atoms with E-state index in [-0.39, 0.29) is 5.91 Å². The lowest BCUT2D eigenvalue weighted by atomic mass is 10.1. The number of hydrogen-bond donors (Lipinski definition) is 0. The number of anilines is 1. The molecule has 31 heavy (non-hydrogen) atoms. The monoisotopic (exact) mass is 465 g/mol. The van der Waals surface area contributed by atoms with E-state index in [2.05, 4.69) is 0 Å². The number of rotatable bonds is 5. The molecule has 0 bridgehead atoms. The number of carbonyl (C=O) groups excluding carboxylic acids is 1. The van der Waals surface area contributed by atoms with Crippen LogP contribution in [0.3, 0.4) is 0 Å². The Kier molecular flexibility index (Phi) is 6.46. The molecule has 1 aliphatic rings. The SMILES string of the molecule is Cc1ccc(C)c(N2C(=O)C(=Cc3ccc(OCc4ccc(Cl)cc4)cc3)SC2=S)c1. The van der Waals surface area contributed by atoms with Gasteiger partial charge in [-0.05, 0) is 72.5 Å². The molecule has 0 unspecified atom stereocenters. The van der Waals surface area contributed by atoms with E-state index in [0.29, 0.717) is 20.9 Å². The molecule has 1 aliphatic heterocycles. The third-order valence-corrected chi connectivity index (χ3v) is 6.45. The summed E-state index contributed by atoms with van der Waals surface area (Å²) in [7, 11) is 0. The number of carbonyl (C=O) groups is 1. The summed E-state index contributed by atoms with van der Waals surface area (Å²) in [6.07, 6.45) is 1.87. The molecule has 156 valence electrons. The number of thioether (sulfide) groups is 1. The Bertz CT molecular complexity index is 1170. The molecule has 1 saturated heterocycles. The van der Waals surface area contributed by atoms with E-state index >= 15 is 0 Å². The summed E-state index contributed by atoms with van der Waals surface area (Å²) in [5, 5.41) is 0.705. The molecule has 0 aromatic heterocycles. The van der Waals surface area contributed by atoms with Crippen LogP contribution in [0.4, 0.5) is 5.69 Å². The van der Waals surface area contributed by atoms with Gasteiger partial charge in [0.05, 0.1) is 10.6 Å². The lowest BCUT2D eigenvalue weighted by Crippen LogP contribution is -2.28. The maximum Gasteiger partial charge on any atom is 0.270 e. The Morgan fingerprint density at radius 1 is 1.03 bits per heavy atom. The average molecular weight is 466 g/mol. The normalized spacial score (nSPS) is 15.1. The summed E-state index contributed by atoms with van der Waals surface area (Å²) >= 11 is 12.7. The molecule has 1 fully saturated rings. The van der Waals surface area contributed by atoms with E-state index in [1.54, 1.807) is 4.90 Å². The first kappa shape index (κ1) is 21.6. The third kappa shape index (κ3) is 5.01. The van der Waals surface area contributed by atoms with Crippen LogP contribution in [-0.4, -0.2) is 10.2 Å². The van der Waals surface area contributed by atoms with Crippen LogP contribution in [0.5, 0.6) is 5.75 Å². The van der Waals surface area contributed by atoms with E-state index in [4.69, 9.17) is 28.6 Å². The van der Waals surface area contributed by atoms with Crippen LogP contribution < -0.4 is 9.64 Å². The average Bonchev–Trinajstić information content (AvgIpc) is 3.03. The zero-order chi connectivity index (χ0) is 22.0. The van der Waals surface area contributed by atoms with Crippen molar-refractivity contribution in [3.63, 3.8) is 0 Å². The highest BCUT2D eigenvalue weighted by Gasteiger charge is 2.34. The summed E-state index contributed by atoms with van der Waals surface area (Å²) in [6.45, 7) is 4.46. The number of ether oxygens (including phenoxy) is 1. The lowest BCUT2D eigenvalue weighted by Gasteiger charge is -2.17. The van der Waals surface area contributed by atoms with Crippen molar-refractivity contribution in [3.8, 4) is 5.75 Å². The number of halogens is 1. The van der Waals surface area contributed by atoms with E-state index < -0.39 is 0 Å². The molecule has 3 aromatic carbocycles. The zero-order valence-electron chi connectivity index (χ0n) is 17.1. The van der Waals surface area contributed by atoms with Gasteiger partial charge in [-0.15, -0.1) is 0 Å². The fourth-order valence-electron chi connectivity index (χ4n) is 3.19. The van der Waals surface area contributed by atoms with E-state index in [1.807, 2.05) is 86.7 Å². The van der Waals surface area contributed by atoms with Crippen molar-refractivity contribution in [3.05, 3.63) is 98.9 Å². The molecule has 6 heteroatoms. The summed E-state index contributed by atoms with van der Waals surface area (Å²) in [5.74, 6) is 0.668. The molecule has 0 saturated carbocycles. The van der Waals surface area contributed by atoms with Gasteiger partial charge in [-0.2, -0.15) is 0 Å². The van der Waals surface area contributed by atoms with Gasteiger partial charge in [0.15, 0.2) is 4.32 Å². The summed E-state index contributed by atoms with van der Waals surface area (Å²) in [5.41, 5.74) is 4.92. The van der Waals surface area contributed by atoms with Crippen molar-refractivity contribution in [1.29, 1.82) is 0 Å². The Morgan fingerprint density at radius 3 is 2.45 bits per heavy atom. The van der Waals surface area contributed by atoms with Crippen molar-refractivity contribution >= 4 is 57.6 Å². The zero-order valence-corrected chi connectivity index (χ0v) is 19.5. The molecule has 1 heterocycles. The second kappa shape index (κ2) is 9.27. The lowest BCUT2D eigenvalue weighted by molar-refractivity contribution is -0.113. The van der Waals surface area contributed by atoms with Gasteiger partial charge in [0.25, 0.3) is 5.91 Å². The first-order valence-corrected chi connectivity index (χ1v) is 11.3. The standard InChI is InChI=1S/C25H20ClNO2S2/c1-16-3-4-17(2)22(13-16)27-24(28)23(31-25(27)30)14-18-7-11-21(12-8-18)29-15-19-5-9-20(26)10-6-19/h3-14H,15H2,1-2H3. The molecule has 0 atom stereocenters. The van der Waals surface area contributed by atoms with E-state index in [0.717, 1.165) is 33.7 Å². The molecule has 1 amide bonds. The van der Waals surface area contributed by atoms with Crippen molar-refractivity contribution in [2.24, 2.45) is 0 Å². The van der Waals surface area contributed by atoms with Gasteiger partial charge < -0.3 is 4.74 Å². The maximum absolute atomic E-state index is 13.0. The topological polar surface area (TPSA) is 29.5 Å². The van der Waals surface area contributed by atoms with Crippen LogP contribution >= 0.6 is 35.6 Å². The Morgan fingerprint density at radius 2 is 1.74 bits per heavy atom. The molecule has 0 spiro atoms. The van der Waals surface area contributed by atoms with Crippen molar-refractivity contribution < 1.29 is 9.53 Å². The highest BCUT2D eigenvalue weighted by atomic mass is 35.5. The van der Waals surface area contributed by atoms with Crippen molar-refractivity contribution in [2.45, 2.75) is 20.5 Å². The second-order valence-electron chi connectivity index (χ2n) is 7.29. The van der Waals surface area contributed by atoms with Gasteiger partial charge in [0, 0.05) is 5.02 Å². The van der Waals surface area contributed by atoms with Crippen LogP contribution in [0.25, 0.3) is 6.08 Å². The number of aryl methyl sites for hydroxylation is 2. The molecule has 0 radical (unpaired) electrons. The number of nitrogens with zero attached hydrogens (tertiary/aromatic N) is 1. The Balaban J connectivity index is 1.47. The molecule has 3 nitrogen and oxygen atoms in total. The van der Waals surface area contributed by atoms with Gasteiger partial charge >= 0.3 is 0 Å². The Hall–Kier alpha value is -2.60. The number of thiocarbonyl (C=S) groups is 1. The molecule has 3 aromatic rings. The van der Waals surface area contributed by atoms with Gasteiger partial charge in [-0.1, -0.05) is 72.0 Å². The second-order valence-corrected chi connectivity index (χ2v) is 9.40. The first-order chi connectivity index (χ1) is 14.9. The van der Waals surface area contributed by atoms with Crippen molar-refractivity contribution in [2.75, 3.05) is 4.90 Å². The highest BCUT2D eigenvalue weighted by Crippen LogP contribution is 2.37. The minimum Gasteiger partial charge on any atom is -0.489 e. The van der Waals surface area contributed by atoms with E-state index in [9.17, 15) is 4.79 Å². The third-order valence-electron chi connectivity index (χ3n) is 4.90. The predicted octanol–water partition coefficient (Wildman–Crippen LogP) is 6.94. The van der Waals surface area contributed by atoms with Gasteiger partial charge in [-0.3, -0.25) is 9.69 Å². The number of amides is 1.